The van der Waals surface area contributed by atoms with Gasteiger partial charge in [0, 0.05) is 16.6 Å². The lowest BCUT2D eigenvalue weighted by molar-refractivity contribution is 0.413. The van der Waals surface area contributed by atoms with Crippen molar-refractivity contribution in [2.24, 2.45) is 5.73 Å². The molecule has 0 aliphatic rings. The Morgan fingerprint density at radius 1 is 1.06 bits per heavy atom. The summed E-state index contributed by atoms with van der Waals surface area (Å²) in [5, 5.41) is 0. The summed E-state index contributed by atoms with van der Waals surface area (Å²) in [5.74, 6) is -1.73. The molecular formula is C13H10BrF2NO. The van der Waals surface area contributed by atoms with Crippen LogP contribution in [0.4, 0.5) is 8.78 Å². The molecule has 0 radical (unpaired) electrons. The van der Waals surface area contributed by atoms with Gasteiger partial charge in [0.15, 0.2) is 11.6 Å². The first-order valence-corrected chi connectivity index (χ1v) is 6.02. The molecule has 2 aromatic rings. The molecular weight excluding hydrogens is 304 g/mol. The van der Waals surface area contributed by atoms with E-state index in [1.54, 1.807) is 18.2 Å². The van der Waals surface area contributed by atoms with Crippen LogP contribution in [0, 0.1) is 11.6 Å². The van der Waals surface area contributed by atoms with E-state index >= 15 is 0 Å². The zero-order valence-corrected chi connectivity index (χ0v) is 10.9. The average molecular weight is 314 g/mol. The van der Waals surface area contributed by atoms with E-state index in [4.69, 9.17) is 10.5 Å². The van der Waals surface area contributed by atoms with Crippen molar-refractivity contribution in [3.63, 3.8) is 0 Å². The summed E-state index contributed by atoms with van der Waals surface area (Å²) in [7, 11) is 0. The van der Waals surface area contributed by atoms with Crippen LogP contribution in [0.1, 0.15) is 5.56 Å². The van der Waals surface area contributed by atoms with Crippen LogP contribution in [0.25, 0.3) is 0 Å². The Bertz CT molecular complexity index is 575. The van der Waals surface area contributed by atoms with Gasteiger partial charge in [-0.3, -0.25) is 0 Å². The third-order valence-corrected chi connectivity index (χ3v) is 3.16. The molecule has 0 unspecified atom stereocenters. The third kappa shape index (κ3) is 2.52. The van der Waals surface area contributed by atoms with Crippen molar-refractivity contribution < 1.29 is 13.5 Å². The fourth-order valence-electron chi connectivity index (χ4n) is 1.51. The topological polar surface area (TPSA) is 35.2 Å². The first kappa shape index (κ1) is 13.0. The molecule has 2 N–H and O–H groups in total. The highest BCUT2D eigenvalue weighted by molar-refractivity contribution is 9.10. The van der Waals surface area contributed by atoms with E-state index in [2.05, 4.69) is 15.9 Å². The number of nitrogens with two attached hydrogens (primary N) is 1. The SMILES string of the molecule is NCc1c(Br)cccc1Oc1cccc(F)c1F. The predicted molar refractivity (Wildman–Crippen MR) is 68.5 cm³/mol. The van der Waals surface area contributed by atoms with Gasteiger partial charge in [0.1, 0.15) is 5.75 Å². The lowest BCUT2D eigenvalue weighted by Crippen LogP contribution is -2.01. The van der Waals surface area contributed by atoms with E-state index in [1.165, 1.54) is 12.1 Å². The second-order valence-corrected chi connectivity index (χ2v) is 4.43. The Morgan fingerprint density at radius 3 is 2.44 bits per heavy atom. The maximum atomic E-state index is 13.5. The number of benzene rings is 2. The number of rotatable bonds is 3. The standard InChI is InChI=1S/C13H10BrF2NO/c14-9-3-1-5-11(8(9)7-17)18-12-6-2-4-10(15)13(12)16/h1-6H,7,17H2. The van der Waals surface area contributed by atoms with Crippen LogP contribution >= 0.6 is 15.9 Å². The second-order valence-electron chi connectivity index (χ2n) is 3.57. The number of hydrogen-bond donors (Lipinski definition) is 1. The van der Waals surface area contributed by atoms with Crippen LogP contribution in [0.2, 0.25) is 0 Å². The maximum Gasteiger partial charge on any atom is 0.201 e. The van der Waals surface area contributed by atoms with E-state index in [1.807, 2.05) is 0 Å². The summed E-state index contributed by atoms with van der Waals surface area (Å²) in [6.45, 7) is 0.230. The number of hydrogen-bond acceptors (Lipinski definition) is 2. The second kappa shape index (κ2) is 5.46. The minimum atomic E-state index is -1.01. The molecule has 0 aliphatic carbocycles. The van der Waals surface area contributed by atoms with Gasteiger partial charge in [0.25, 0.3) is 0 Å². The average Bonchev–Trinajstić information content (AvgIpc) is 2.35. The molecule has 94 valence electrons. The summed E-state index contributed by atoms with van der Waals surface area (Å²) < 4.78 is 32.7. The molecule has 0 heterocycles. The summed E-state index contributed by atoms with van der Waals surface area (Å²) in [4.78, 5) is 0. The molecule has 18 heavy (non-hydrogen) atoms. The molecule has 5 heteroatoms. The summed E-state index contributed by atoms with van der Waals surface area (Å²) in [6.07, 6.45) is 0. The third-order valence-electron chi connectivity index (χ3n) is 2.42. The largest absolute Gasteiger partial charge is 0.454 e. The summed E-state index contributed by atoms with van der Waals surface area (Å²) >= 11 is 3.33. The minimum Gasteiger partial charge on any atom is -0.454 e. The van der Waals surface area contributed by atoms with Crippen LogP contribution in [0.5, 0.6) is 11.5 Å². The molecule has 0 aliphatic heterocycles. The minimum absolute atomic E-state index is 0.164. The van der Waals surface area contributed by atoms with E-state index in [9.17, 15) is 8.78 Å². The smallest absolute Gasteiger partial charge is 0.201 e. The van der Waals surface area contributed by atoms with Gasteiger partial charge in [-0.15, -0.1) is 0 Å². The molecule has 0 bridgehead atoms. The van der Waals surface area contributed by atoms with Crippen molar-refractivity contribution in [3.8, 4) is 11.5 Å². The van der Waals surface area contributed by atoms with Crippen LogP contribution in [-0.2, 0) is 6.54 Å². The molecule has 0 spiro atoms. The predicted octanol–water partition coefficient (Wildman–Crippen LogP) is 3.98. The van der Waals surface area contributed by atoms with Gasteiger partial charge in [-0.1, -0.05) is 28.1 Å². The van der Waals surface area contributed by atoms with Crippen molar-refractivity contribution in [1.29, 1.82) is 0 Å². The molecule has 0 saturated heterocycles. The van der Waals surface area contributed by atoms with Crippen LogP contribution in [0.3, 0.4) is 0 Å². The van der Waals surface area contributed by atoms with E-state index in [0.717, 1.165) is 10.5 Å². The van der Waals surface area contributed by atoms with Gasteiger partial charge in [-0.2, -0.15) is 4.39 Å². The van der Waals surface area contributed by atoms with Gasteiger partial charge in [-0.25, -0.2) is 4.39 Å². The fourth-order valence-corrected chi connectivity index (χ4v) is 2.02. The lowest BCUT2D eigenvalue weighted by Gasteiger charge is -2.12. The molecule has 0 amide bonds. The van der Waals surface area contributed by atoms with Crippen LogP contribution in [0.15, 0.2) is 40.9 Å². The molecule has 2 aromatic carbocycles. The Morgan fingerprint density at radius 2 is 1.72 bits per heavy atom. The molecule has 0 aromatic heterocycles. The van der Waals surface area contributed by atoms with Crippen molar-refractivity contribution in [2.75, 3.05) is 0 Å². The fraction of sp³-hybridized carbons (Fsp3) is 0.0769. The number of halogens is 3. The van der Waals surface area contributed by atoms with Gasteiger partial charge in [0.2, 0.25) is 5.82 Å². The molecule has 2 rings (SSSR count). The van der Waals surface area contributed by atoms with E-state index in [0.29, 0.717) is 11.3 Å². The Kier molecular flexibility index (Phi) is 3.93. The maximum absolute atomic E-state index is 13.5. The lowest BCUT2D eigenvalue weighted by atomic mass is 10.2. The first-order chi connectivity index (χ1) is 8.63. The van der Waals surface area contributed by atoms with Crippen molar-refractivity contribution in [1.82, 2.24) is 0 Å². The Labute approximate surface area is 112 Å². The quantitative estimate of drug-likeness (QED) is 0.930. The zero-order chi connectivity index (χ0) is 13.1. The van der Waals surface area contributed by atoms with Crippen molar-refractivity contribution >= 4 is 15.9 Å². The van der Waals surface area contributed by atoms with Crippen molar-refractivity contribution in [3.05, 3.63) is 58.1 Å². The Hall–Kier alpha value is -1.46. The molecule has 0 fully saturated rings. The normalized spacial score (nSPS) is 10.4. The summed E-state index contributed by atoms with van der Waals surface area (Å²) in [5.41, 5.74) is 6.29. The van der Waals surface area contributed by atoms with Crippen LogP contribution in [-0.4, -0.2) is 0 Å². The highest BCUT2D eigenvalue weighted by Gasteiger charge is 2.12. The van der Waals surface area contributed by atoms with Crippen LogP contribution < -0.4 is 10.5 Å². The monoisotopic (exact) mass is 313 g/mol. The highest BCUT2D eigenvalue weighted by Crippen LogP contribution is 2.31. The summed E-state index contributed by atoms with van der Waals surface area (Å²) in [6, 6.07) is 8.96. The van der Waals surface area contributed by atoms with Gasteiger partial charge < -0.3 is 10.5 Å². The van der Waals surface area contributed by atoms with Gasteiger partial charge >= 0.3 is 0 Å². The van der Waals surface area contributed by atoms with E-state index < -0.39 is 11.6 Å². The zero-order valence-electron chi connectivity index (χ0n) is 9.29. The van der Waals surface area contributed by atoms with Gasteiger partial charge in [0.05, 0.1) is 0 Å². The number of ether oxygens (including phenoxy) is 1. The van der Waals surface area contributed by atoms with Gasteiger partial charge in [-0.05, 0) is 24.3 Å². The molecule has 2 nitrogen and oxygen atoms in total. The first-order valence-electron chi connectivity index (χ1n) is 5.23. The highest BCUT2D eigenvalue weighted by atomic mass is 79.9. The Balaban J connectivity index is 2.40. The van der Waals surface area contributed by atoms with Crippen molar-refractivity contribution in [2.45, 2.75) is 6.54 Å². The van der Waals surface area contributed by atoms with E-state index in [-0.39, 0.29) is 12.3 Å². The molecule has 0 saturated carbocycles. The molecule has 0 atom stereocenters.